The van der Waals surface area contributed by atoms with Crippen LogP contribution in [0.25, 0.3) is 0 Å². The fourth-order valence-corrected chi connectivity index (χ4v) is 2.93. The molecule has 3 atom stereocenters. The first-order chi connectivity index (χ1) is 6.77. The molecular weight excluding hydrogens is 172 g/mol. The van der Waals surface area contributed by atoms with Crippen LogP contribution in [-0.4, -0.2) is 31.1 Å². The van der Waals surface area contributed by atoms with Crippen LogP contribution in [0.2, 0.25) is 0 Å². The summed E-state index contributed by atoms with van der Waals surface area (Å²) in [6.07, 6.45) is 5.38. The minimum absolute atomic E-state index is 0.512. The molecule has 1 aliphatic carbocycles. The van der Waals surface area contributed by atoms with Crippen LogP contribution in [0.1, 0.15) is 39.5 Å². The molecule has 0 spiro atoms. The van der Waals surface area contributed by atoms with Crippen molar-refractivity contribution in [2.75, 3.05) is 20.1 Å². The lowest BCUT2D eigenvalue weighted by molar-refractivity contribution is 0.0895. The van der Waals surface area contributed by atoms with Gasteiger partial charge in [0, 0.05) is 12.6 Å². The summed E-state index contributed by atoms with van der Waals surface area (Å²) < 4.78 is 0. The first-order valence-electron chi connectivity index (χ1n) is 6.21. The highest BCUT2D eigenvalue weighted by molar-refractivity contribution is 4.89. The van der Waals surface area contributed by atoms with E-state index in [1.165, 1.54) is 38.8 Å². The van der Waals surface area contributed by atoms with Crippen LogP contribution >= 0.6 is 0 Å². The maximum absolute atomic E-state index is 6.12. The maximum Gasteiger partial charge on any atom is 0.00707 e. The molecule has 1 saturated heterocycles. The Bertz CT molecular complexity index is 158. The van der Waals surface area contributed by atoms with Crippen molar-refractivity contribution in [3.05, 3.63) is 0 Å². The van der Waals surface area contributed by atoms with E-state index in [1.54, 1.807) is 0 Å². The number of hydrogen-bond acceptors (Lipinski definition) is 2. The number of likely N-dealkylation sites (tertiary alicyclic amines) is 1. The van der Waals surface area contributed by atoms with E-state index in [9.17, 15) is 0 Å². The smallest absolute Gasteiger partial charge is 0.00707 e. The first-order valence-corrected chi connectivity index (χ1v) is 6.21. The summed E-state index contributed by atoms with van der Waals surface area (Å²) in [5, 5.41) is 0. The van der Waals surface area contributed by atoms with E-state index in [1.807, 2.05) is 13.8 Å². The van der Waals surface area contributed by atoms with E-state index in [2.05, 4.69) is 11.9 Å². The monoisotopic (exact) mass is 198 g/mol. The van der Waals surface area contributed by atoms with Gasteiger partial charge in [-0.2, -0.15) is 0 Å². The Kier molecular flexibility index (Phi) is 4.90. The van der Waals surface area contributed by atoms with Crippen molar-refractivity contribution < 1.29 is 0 Å². The van der Waals surface area contributed by atoms with Crippen molar-refractivity contribution in [1.29, 1.82) is 0 Å². The lowest BCUT2D eigenvalue weighted by Crippen LogP contribution is -2.48. The fraction of sp³-hybridized carbons (Fsp3) is 1.00. The van der Waals surface area contributed by atoms with Gasteiger partial charge < -0.3 is 10.6 Å². The topological polar surface area (TPSA) is 29.3 Å². The molecule has 2 aliphatic rings. The number of rotatable bonds is 0. The molecular formula is C12H26N2. The van der Waals surface area contributed by atoms with Crippen LogP contribution in [0.15, 0.2) is 0 Å². The fourth-order valence-electron chi connectivity index (χ4n) is 2.93. The van der Waals surface area contributed by atoms with Crippen molar-refractivity contribution in [2.45, 2.75) is 45.6 Å². The van der Waals surface area contributed by atoms with E-state index in [0.717, 1.165) is 11.8 Å². The average molecular weight is 198 g/mol. The summed E-state index contributed by atoms with van der Waals surface area (Å²) >= 11 is 0. The van der Waals surface area contributed by atoms with Crippen LogP contribution in [0, 0.1) is 11.8 Å². The number of piperidine rings is 1. The van der Waals surface area contributed by atoms with Crippen molar-refractivity contribution >= 4 is 0 Å². The molecule has 2 nitrogen and oxygen atoms in total. The SMILES string of the molecule is CC.CN1CCC2C(N)CCCC2C1. The molecule has 0 radical (unpaired) electrons. The molecule has 3 unspecified atom stereocenters. The zero-order chi connectivity index (χ0) is 10.6. The average Bonchev–Trinajstić information content (AvgIpc) is 2.21. The zero-order valence-electron chi connectivity index (χ0n) is 10.00. The quantitative estimate of drug-likeness (QED) is 0.646. The molecule has 0 aromatic heterocycles. The van der Waals surface area contributed by atoms with E-state index in [4.69, 9.17) is 5.73 Å². The predicted molar refractivity (Wildman–Crippen MR) is 62.3 cm³/mol. The summed E-state index contributed by atoms with van der Waals surface area (Å²) in [5.74, 6) is 1.75. The highest BCUT2D eigenvalue weighted by Crippen LogP contribution is 2.34. The first kappa shape index (κ1) is 12.0. The number of fused-ring (bicyclic) bond motifs is 1. The standard InChI is InChI=1S/C10H20N2.C2H6/c1-12-6-5-9-8(7-12)3-2-4-10(9)11;1-2/h8-10H,2-7,11H2,1H3;1-2H3. The molecule has 2 N–H and O–H groups in total. The van der Waals surface area contributed by atoms with E-state index < -0.39 is 0 Å². The van der Waals surface area contributed by atoms with Gasteiger partial charge in [0.2, 0.25) is 0 Å². The minimum atomic E-state index is 0.512. The second-order valence-electron chi connectivity index (χ2n) is 4.57. The molecule has 2 rings (SSSR count). The Morgan fingerprint density at radius 3 is 2.57 bits per heavy atom. The van der Waals surface area contributed by atoms with Crippen molar-refractivity contribution in [3.63, 3.8) is 0 Å². The van der Waals surface area contributed by atoms with Crippen molar-refractivity contribution in [1.82, 2.24) is 4.90 Å². The summed E-state index contributed by atoms with van der Waals surface area (Å²) in [6, 6.07) is 0.512. The van der Waals surface area contributed by atoms with Gasteiger partial charge in [0.15, 0.2) is 0 Å². The van der Waals surface area contributed by atoms with E-state index in [0.29, 0.717) is 6.04 Å². The third-order valence-corrected chi connectivity index (χ3v) is 3.66. The Hall–Kier alpha value is -0.0800. The molecule has 14 heavy (non-hydrogen) atoms. The molecule has 0 amide bonds. The maximum atomic E-state index is 6.12. The number of nitrogens with zero attached hydrogens (tertiary/aromatic N) is 1. The third kappa shape index (κ3) is 2.71. The molecule has 2 heteroatoms. The summed E-state index contributed by atoms with van der Waals surface area (Å²) in [5.41, 5.74) is 6.12. The molecule has 0 bridgehead atoms. The van der Waals surface area contributed by atoms with Gasteiger partial charge in [-0.05, 0) is 44.7 Å². The van der Waals surface area contributed by atoms with Gasteiger partial charge in [0.25, 0.3) is 0 Å². The van der Waals surface area contributed by atoms with Gasteiger partial charge in [-0.25, -0.2) is 0 Å². The largest absolute Gasteiger partial charge is 0.327 e. The molecule has 0 aromatic rings. The van der Waals surface area contributed by atoms with Gasteiger partial charge in [0.05, 0.1) is 0 Å². The van der Waals surface area contributed by atoms with Gasteiger partial charge >= 0.3 is 0 Å². The Morgan fingerprint density at radius 1 is 1.14 bits per heavy atom. The van der Waals surface area contributed by atoms with Gasteiger partial charge in [-0.15, -0.1) is 0 Å². The molecule has 1 heterocycles. The number of nitrogens with two attached hydrogens (primary N) is 1. The zero-order valence-corrected chi connectivity index (χ0v) is 10.00. The molecule has 2 fully saturated rings. The van der Waals surface area contributed by atoms with Gasteiger partial charge in [0.1, 0.15) is 0 Å². The van der Waals surface area contributed by atoms with E-state index in [-0.39, 0.29) is 0 Å². The van der Waals surface area contributed by atoms with Crippen LogP contribution in [-0.2, 0) is 0 Å². The second kappa shape index (κ2) is 5.72. The van der Waals surface area contributed by atoms with Crippen LogP contribution in [0.3, 0.4) is 0 Å². The predicted octanol–water partition coefficient (Wildman–Crippen LogP) is 2.09. The summed E-state index contributed by atoms with van der Waals surface area (Å²) in [4.78, 5) is 2.46. The van der Waals surface area contributed by atoms with Gasteiger partial charge in [-0.1, -0.05) is 20.3 Å². The Labute approximate surface area is 88.8 Å². The van der Waals surface area contributed by atoms with Crippen LogP contribution in [0.4, 0.5) is 0 Å². The summed E-state index contributed by atoms with van der Waals surface area (Å²) in [7, 11) is 2.23. The lowest BCUT2D eigenvalue weighted by atomic mass is 9.72. The molecule has 0 aromatic carbocycles. The molecule has 84 valence electrons. The van der Waals surface area contributed by atoms with Crippen LogP contribution < -0.4 is 5.73 Å². The minimum Gasteiger partial charge on any atom is -0.327 e. The van der Waals surface area contributed by atoms with Crippen molar-refractivity contribution in [3.8, 4) is 0 Å². The normalized spacial score (nSPS) is 38.1. The van der Waals surface area contributed by atoms with Gasteiger partial charge in [-0.3, -0.25) is 0 Å². The van der Waals surface area contributed by atoms with Crippen LogP contribution in [0.5, 0.6) is 0 Å². The summed E-state index contributed by atoms with van der Waals surface area (Å²) in [6.45, 7) is 6.55. The highest BCUT2D eigenvalue weighted by Gasteiger charge is 2.34. The Balaban J connectivity index is 0.000000461. The third-order valence-electron chi connectivity index (χ3n) is 3.66. The number of hydrogen-bond donors (Lipinski definition) is 1. The second-order valence-corrected chi connectivity index (χ2v) is 4.57. The van der Waals surface area contributed by atoms with Crippen molar-refractivity contribution in [2.24, 2.45) is 17.6 Å². The Morgan fingerprint density at radius 2 is 1.86 bits per heavy atom. The highest BCUT2D eigenvalue weighted by atomic mass is 15.1. The van der Waals surface area contributed by atoms with E-state index >= 15 is 0 Å². The lowest BCUT2D eigenvalue weighted by Gasteiger charge is -2.43. The molecule has 1 aliphatic heterocycles. The molecule has 1 saturated carbocycles.